The molecule has 0 N–H and O–H groups in total. The van der Waals surface area contributed by atoms with E-state index in [1.54, 1.807) is 0 Å². The van der Waals surface area contributed by atoms with E-state index in [0.29, 0.717) is 0 Å². The van der Waals surface area contributed by atoms with Crippen LogP contribution in [0.2, 0.25) is 0 Å². The summed E-state index contributed by atoms with van der Waals surface area (Å²) >= 11 is 0. The molecule has 2 aromatic heterocycles. The molecule has 5 aromatic carbocycles. The summed E-state index contributed by atoms with van der Waals surface area (Å²) < 4.78 is 2.25. The van der Waals surface area contributed by atoms with Gasteiger partial charge in [0.05, 0.1) is 18.0 Å². The minimum Gasteiger partial charge on any atom is -0.358 e. The summed E-state index contributed by atoms with van der Waals surface area (Å²) in [5.74, 6) is 0.892. The third kappa shape index (κ3) is 5.39. The molecular weight excluding hydrogens is 758 g/mol. The first kappa shape index (κ1) is 30.8. The second-order valence-electron chi connectivity index (χ2n) is 13.0. The zero-order valence-electron chi connectivity index (χ0n) is 26.9. The van der Waals surface area contributed by atoms with E-state index < -0.39 is 0 Å². The number of pyridine rings is 1. The van der Waals surface area contributed by atoms with Gasteiger partial charge in [-0.2, -0.15) is 12.1 Å². The van der Waals surface area contributed by atoms with Crippen LogP contribution in [0.3, 0.4) is 0 Å². The molecule has 5 nitrogen and oxygen atoms in total. The first-order chi connectivity index (χ1) is 22.4. The van der Waals surface area contributed by atoms with Crippen molar-refractivity contribution in [1.29, 1.82) is 0 Å². The predicted molar refractivity (Wildman–Crippen MR) is 191 cm³/mol. The summed E-state index contributed by atoms with van der Waals surface area (Å²) in [6.07, 6.45) is 1.92. The maximum Gasteiger partial charge on any atom is 2.00 e. The topological polar surface area (TPSA) is 27.5 Å². The smallest absolute Gasteiger partial charge is 0.358 e. The van der Waals surface area contributed by atoms with E-state index in [4.69, 9.17) is 4.98 Å². The summed E-state index contributed by atoms with van der Waals surface area (Å²) in [5, 5.41) is 2.32. The van der Waals surface area contributed by atoms with Gasteiger partial charge in [-0.05, 0) is 58.8 Å². The molecule has 0 spiro atoms. The molecule has 1 aliphatic heterocycles. The number of rotatable bonds is 5. The van der Waals surface area contributed by atoms with Gasteiger partial charge in [-0.15, -0.1) is 35.7 Å². The third-order valence-electron chi connectivity index (χ3n) is 8.90. The van der Waals surface area contributed by atoms with Crippen LogP contribution < -0.4 is 14.7 Å². The minimum atomic E-state index is 0. The molecule has 0 unspecified atom stereocenters. The number of hydrogen-bond acceptors (Lipinski definition) is 4. The van der Waals surface area contributed by atoms with Crippen LogP contribution in [-0.4, -0.2) is 23.3 Å². The van der Waals surface area contributed by atoms with Gasteiger partial charge in [0.1, 0.15) is 5.82 Å². The van der Waals surface area contributed by atoms with E-state index in [2.05, 4.69) is 181 Å². The molecule has 0 aliphatic carbocycles. The molecular formula is C41H35N5Pt. The van der Waals surface area contributed by atoms with Gasteiger partial charge in [0, 0.05) is 24.4 Å². The SMILES string of the molecule is CN1CN(c2[c-]c(N(c3[c-]c4c(cc3)c3ccccc3n4-c3cc(C(C)(C)C)ccn3)c3ccccc3)ccc2)c2ccccc21.[Pt+2]. The van der Waals surface area contributed by atoms with Crippen LogP contribution in [-0.2, 0) is 26.5 Å². The number of nitrogens with zero attached hydrogens (tertiary/aromatic N) is 5. The third-order valence-corrected chi connectivity index (χ3v) is 8.90. The number of aromatic nitrogens is 2. The van der Waals surface area contributed by atoms with E-state index in [9.17, 15) is 0 Å². The molecule has 0 saturated carbocycles. The van der Waals surface area contributed by atoms with Gasteiger partial charge >= 0.3 is 21.1 Å². The van der Waals surface area contributed by atoms with E-state index in [0.717, 1.165) is 51.7 Å². The Morgan fingerprint density at radius 2 is 1.43 bits per heavy atom. The molecule has 0 saturated heterocycles. The summed E-state index contributed by atoms with van der Waals surface area (Å²) in [5.41, 5.74) is 9.69. The van der Waals surface area contributed by atoms with Crippen molar-refractivity contribution >= 4 is 55.9 Å². The first-order valence-corrected chi connectivity index (χ1v) is 15.7. The van der Waals surface area contributed by atoms with E-state index >= 15 is 0 Å². The Hall–Kier alpha value is -4.86. The fourth-order valence-corrected chi connectivity index (χ4v) is 6.56. The van der Waals surface area contributed by atoms with E-state index in [1.807, 2.05) is 6.20 Å². The predicted octanol–water partition coefficient (Wildman–Crippen LogP) is 10.1. The first-order valence-electron chi connectivity index (χ1n) is 15.7. The zero-order chi connectivity index (χ0) is 31.4. The van der Waals surface area contributed by atoms with Crippen molar-refractivity contribution in [3.8, 4) is 5.82 Å². The van der Waals surface area contributed by atoms with Crippen molar-refractivity contribution in [2.24, 2.45) is 0 Å². The molecule has 8 rings (SSSR count). The van der Waals surface area contributed by atoms with Crippen LogP contribution in [0.1, 0.15) is 26.3 Å². The Bertz CT molecular complexity index is 2220. The Kier molecular flexibility index (Phi) is 7.90. The molecule has 6 heteroatoms. The van der Waals surface area contributed by atoms with Gasteiger partial charge in [-0.25, -0.2) is 4.98 Å². The number of fused-ring (bicyclic) bond motifs is 4. The average Bonchev–Trinajstić information content (AvgIpc) is 3.60. The summed E-state index contributed by atoms with van der Waals surface area (Å²) in [6, 6.07) is 50.3. The number of benzene rings is 5. The monoisotopic (exact) mass is 792 g/mol. The molecule has 0 atom stereocenters. The molecule has 3 heterocycles. The standard InChI is InChI=1S/C41H35N5.Pt/c1-41(2,3)29-23-24-42-40(25-29)46-36-18-9-8-17-34(36)35-22-21-33(27-39(35)46)45(30-13-6-5-7-14-30)32-16-12-15-31(26-32)44-28-43(4)37-19-10-11-20-38(37)44;/h5-25H,28H2,1-4H3;/q-2;+2. The molecule has 47 heavy (non-hydrogen) atoms. The van der Waals surface area contributed by atoms with Gasteiger partial charge in [0.25, 0.3) is 0 Å². The van der Waals surface area contributed by atoms with Gasteiger partial charge < -0.3 is 19.3 Å². The number of para-hydroxylation sites is 4. The summed E-state index contributed by atoms with van der Waals surface area (Å²) in [6.45, 7) is 7.49. The number of hydrogen-bond donors (Lipinski definition) is 0. The van der Waals surface area contributed by atoms with Gasteiger partial charge in [0.2, 0.25) is 0 Å². The van der Waals surface area contributed by atoms with Crippen LogP contribution in [0, 0.1) is 12.1 Å². The Labute approximate surface area is 291 Å². The van der Waals surface area contributed by atoms with Gasteiger partial charge in [0.15, 0.2) is 0 Å². The maximum absolute atomic E-state index is 4.88. The van der Waals surface area contributed by atoms with Crippen LogP contribution in [0.4, 0.5) is 34.1 Å². The molecule has 0 bridgehead atoms. The van der Waals surface area contributed by atoms with Crippen molar-refractivity contribution < 1.29 is 21.1 Å². The average molecular weight is 793 g/mol. The fourth-order valence-electron chi connectivity index (χ4n) is 6.56. The van der Waals surface area contributed by atoms with Crippen molar-refractivity contribution in [3.05, 3.63) is 145 Å². The second kappa shape index (κ2) is 12.1. The minimum absolute atomic E-state index is 0. The van der Waals surface area contributed by atoms with Gasteiger partial charge in [-0.1, -0.05) is 91.9 Å². The maximum atomic E-state index is 4.88. The van der Waals surface area contributed by atoms with Crippen molar-refractivity contribution in [3.63, 3.8) is 0 Å². The van der Waals surface area contributed by atoms with E-state index in [1.165, 1.54) is 22.3 Å². The number of anilines is 6. The molecule has 1 aliphatic rings. The Morgan fingerprint density at radius 3 is 2.23 bits per heavy atom. The second-order valence-corrected chi connectivity index (χ2v) is 13.0. The zero-order valence-corrected chi connectivity index (χ0v) is 29.2. The quantitative estimate of drug-likeness (QED) is 0.162. The van der Waals surface area contributed by atoms with Crippen LogP contribution in [0.15, 0.2) is 128 Å². The molecule has 234 valence electrons. The summed E-state index contributed by atoms with van der Waals surface area (Å²) in [7, 11) is 2.13. The Morgan fingerprint density at radius 1 is 0.702 bits per heavy atom. The Balaban J connectivity index is 0.00000351. The molecule has 0 amide bonds. The van der Waals surface area contributed by atoms with Crippen molar-refractivity contribution in [2.45, 2.75) is 26.2 Å². The largest absolute Gasteiger partial charge is 2.00 e. The summed E-state index contributed by atoms with van der Waals surface area (Å²) in [4.78, 5) is 11.7. The molecule has 0 radical (unpaired) electrons. The van der Waals surface area contributed by atoms with Crippen LogP contribution in [0.5, 0.6) is 0 Å². The van der Waals surface area contributed by atoms with Gasteiger partial charge in [-0.3, -0.25) is 0 Å². The van der Waals surface area contributed by atoms with Crippen LogP contribution >= 0.6 is 0 Å². The van der Waals surface area contributed by atoms with Crippen LogP contribution in [0.25, 0.3) is 27.6 Å². The molecule has 7 aromatic rings. The normalized spacial score (nSPS) is 12.8. The van der Waals surface area contributed by atoms with Crippen molar-refractivity contribution in [2.75, 3.05) is 28.4 Å². The van der Waals surface area contributed by atoms with E-state index in [-0.39, 0.29) is 26.5 Å². The van der Waals surface area contributed by atoms with Crippen molar-refractivity contribution in [1.82, 2.24) is 9.55 Å². The fraction of sp³-hybridized carbons (Fsp3) is 0.146. The molecule has 0 fully saturated rings.